The van der Waals surface area contributed by atoms with Crippen molar-refractivity contribution in [2.75, 3.05) is 13.2 Å². The first kappa shape index (κ1) is 17.8. The first-order valence-electron chi connectivity index (χ1n) is 7.67. The Bertz CT molecular complexity index is 337. The Balaban J connectivity index is 2.15. The van der Waals surface area contributed by atoms with Crippen molar-refractivity contribution in [1.29, 1.82) is 0 Å². The van der Waals surface area contributed by atoms with Crippen LogP contribution in [0.2, 0.25) is 0 Å². The predicted octanol–water partition coefficient (Wildman–Crippen LogP) is 2.62. The topological polar surface area (TPSA) is 84.9 Å². The Morgan fingerprint density at radius 1 is 1.19 bits per heavy atom. The highest BCUT2D eigenvalue weighted by molar-refractivity contribution is 5.70. The van der Waals surface area contributed by atoms with Gasteiger partial charge >= 0.3 is 12.1 Å². The second-order valence-corrected chi connectivity index (χ2v) is 6.14. The number of alkyl carbamates (subject to hydrolysis) is 1. The molecule has 1 aliphatic carbocycles. The molecule has 21 heavy (non-hydrogen) atoms. The summed E-state index contributed by atoms with van der Waals surface area (Å²) in [6.07, 6.45) is 1.99. The molecule has 1 unspecified atom stereocenters. The van der Waals surface area contributed by atoms with E-state index in [1.54, 1.807) is 6.92 Å². The van der Waals surface area contributed by atoms with Gasteiger partial charge in [0, 0.05) is 6.54 Å². The molecule has 0 spiro atoms. The van der Waals surface area contributed by atoms with Crippen LogP contribution in [-0.2, 0) is 14.3 Å². The van der Waals surface area contributed by atoms with Gasteiger partial charge in [-0.2, -0.15) is 0 Å². The zero-order valence-electron chi connectivity index (χ0n) is 13.1. The Hall–Kier alpha value is -1.30. The summed E-state index contributed by atoms with van der Waals surface area (Å²) in [5.41, 5.74) is 0. The van der Waals surface area contributed by atoms with E-state index in [9.17, 15) is 9.59 Å². The molecule has 1 rings (SSSR count). The van der Waals surface area contributed by atoms with Crippen molar-refractivity contribution in [2.24, 2.45) is 17.8 Å². The summed E-state index contributed by atoms with van der Waals surface area (Å²) >= 11 is 0. The zero-order valence-corrected chi connectivity index (χ0v) is 13.1. The first-order chi connectivity index (χ1) is 9.88. The number of carboxylic acid groups (broad SMARTS) is 1. The summed E-state index contributed by atoms with van der Waals surface area (Å²) in [6, 6.07) is 0. The summed E-state index contributed by atoms with van der Waals surface area (Å²) in [5.74, 6) is -0.210. The fourth-order valence-electron chi connectivity index (χ4n) is 2.40. The molecule has 0 aromatic heterocycles. The van der Waals surface area contributed by atoms with Gasteiger partial charge in [0.1, 0.15) is 0 Å². The molecule has 1 atom stereocenters. The predicted molar refractivity (Wildman–Crippen MR) is 77.8 cm³/mol. The Morgan fingerprint density at radius 2 is 1.81 bits per heavy atom. The minimum Gasteiger partial charge on any atom is -0.481 e. The molecule has 1 saturated carbocycles. The van der Waals surface area contributed by atoms with E-state index in [1.165, 1.54) is 0 Å². The van der Waals surface area contributed by atoms with Crippen LogP contribution < -0.4 is 5.32 Å². The lowest BCUT2D eigenvalue weighted by Crippen LogP contribution is -2.34. The lowest BCUT2D eigenvalue weighted by Gasteiger charge is -2.26. The third-order valence-corrected chi connectivity index (χ3v) is 3.67. The summed E-state index contributed by atoms with van der Waals surface area (Å²) in [7, 11) is 0. The third-order valence-electron chi connectivity index (χ3n) is 3.67. The Labute approximate surface area is 126 Å². The molecule has 0 saturated heterocycles. The quantitative estimate of drug-likeness (QED) is 0.706. The molecule has 0 aromatic rings. The average molecular weight is 301 g/mol. The molecule has 0 bridgehead atoms. The molecule has 0 heterocycles. The van der Waals surface area contributed by atoms with Crippen molar-refractivity contribution in [1.82, 2.24) is 5.32 Å². The molecular formula is C15H27NO5. The number of amides is 1. The van der Waals surface area contributed by atoms with Gasteiger partial charge in [-0.25, -0.2) is 4.79 Å². The van der Waals surface area contributed by atoms with Crippen LogP contribution in [0.4, 0.5) is 4.79 Å². The summed E-state index contributed by atoms with van der Waals surface area (Å²) in [5, 5.41) is 11.7. The Morgan fingerprint density at radius 3 is 2.33 bits per heavy atom. The highest BCUT2D eigenvalue weighted by Gasteiger charge is 2.26. The monoisotopic (exact) mass is 301 g/mol. The summed E-state index contributed by atoms with van der Waals surface area (Å²) in [4.78, 5) is 22.5. The molecular weight excluding hydrogens is 274 g/mol. The van der Waals surface area contributed by atoms with E-state index in [-0.39, 0.29) is 5.92 Å². The second-order valence-electron chi connectivity index (χ2n) is 6.14. The number of rotatable bonds is 7. The summed E-state index contributed by atoms with van der Waals surface area (Å²) < 4.78 is 10.4. The molecule has 0 aromatic carbocycles. The van der Waals surface area contributed by atoms with Crippen LogP contribution in [0.3, 0.4) is 0 Å². The molecule has 1 amide bonds. The standard InChI is InChI=1S/C15H27NO5/c1-10(2)9-20-11(3)21-15(19)16-8-12-4-6-13(7-5-12)14(17)18/h10-13H,4-9H2,1-3H3,(H,16,19)(H,17,18). The molecule has 1 aliphatic rings. The highest BCUT2D eigenvalue weighted by Crippen LogP contribution is 2.28. The van der Waals surface area contributed by atoms with Crippen molar-refractivity contribution in [2.45, 2.75) is 52.7 Å². The van der Waals surface area contributed by atoms with Gasteiger partial charge in [-0.05, 0) is 44.4 Å². The van der Waals surface area contributed by atoms with E-state index in [0.717, 1.165) is 12.8 Å². The van der Waals surface area contributed by atoms with Crippen LogP contribution in [0.15, 0.2) is 0 Å². The van der Waals surface area contributed by atoms with E-state index < -0.39 is 18.4 Å². The van der Waals surface area contributed by atoms with Gasteiger partial charge in [0.2, 0.25) is 6.29 Å². The second kappa shape index (κ2) is 8.87. The molecule has 6 heteroatoms. The van der Waals surface area contributed by atoms with E-state index in [2.05, 4.69) is 5.32 Å². The maximum absolute atomic E-state index is 11.6. The normalized spacial score (nSPS) is 23.6. The number of hydrogen-bond donors (Lipinski definition) is 2. The number of hydrogen-bond acceptors (Lipinski definition) is 4. The number of carbonyl (C=O) groups excluding carboxylic acids is 1. The lowest BCUT2D eigenvalue weighted by atomic mass is 9.82. The SMILES string of the molecule is CC(C)COC(C)OC(=O)NCC1CCC(C(=O)O)CC1. The average Bonchev–Trinajstić information content (AvgIpc) is 2.43. The minimum atomic E-state index is -0.711. The zero-order chi connectivity index (χ0) is 15.8. The van der Waals surface area contributed by atoms with Crippen molar-refractivity contribution in [3.05, 3.63) is 0 Å². The smallest absolute Gasteiger partial charge is 0.409 e. The third kappa shape index (κ3) is 7.32. The largest absolute Gasteiger partial charge is 0.481 e. The van der Waals surface area contributed by atoms with E-state index in [1.807, 2.05) is 13.8 Å². The maximum Gasteiger partial charge on any atom is 0.409 e. The number of ether oxygens (including phenoxy) is 2. The van der Waals surface area contributed by atoms with Crippen molar-refractivity contribution < 1.29 is 24.2 Å². The molecule has 2 N–H and O–H groups in total. The van der Waals surface area contributed by atoms with Crippen LogP contribution in [0.1, 0.15) is 46.5 Å². The first-order valence-corrected chi connectivity index (χ1v) is 7.67. The van der Waals surface area contributed by atoms with Crippen LogP contribution in [0.5, 0.6) is 0 Å². The van der Waals surface area contributed by atoms with Gasteiger partial charge in [0.15, 0.2) is 0 Å². The van der Waals surface area contributed by atoms with Crippen LogP contribution in [0, 0.1) is 17.8 Å². The minimum absolute atomic E-state index is 0.224. The van der Waals surface area contributed by atoms with Gasteiger partial charge in [-0.1, -0.05) is 13.8 Å². The number of aliphatic carboxylic acids is 1. The fraction of sp³-hybridized carbons (Fsp3) is 0.867. The maximum atomic E-state index is 11.6. The molecule has 0 aliphatic heterocycles. The van der Waals surface area contributed by atoms with Crippen molar-refractivity contribution >= 4 is 12.1 Å². The molecule has 1 fully saturated rings. The Kier molecular flexibility index (Phi) is 7.50. The van der Waals surface area contributed by atoms with Crippen LogP contribution >= 0.6 is 0 Å². The number of carbonyl (C=O) groups is 2. The van der Waals surface area contributed by atoms with Gasteiger partial charge in [-0.3, -0.25) is 4.79 Å². The highest BCUT2D eigenvalue weighted by atomic mass is 16.7. The molecule has 0 radical (unpaired) electrons. The van der Waals surface area contributed by atoms with Gasteiger partial charge in [-0.15, -0.1) is 0 Å². The van der Waals surface area contributed by atoms with E-state index >= 15 is 0 Å². The van der Waals surface area contributed by atoms with E-state index in [0.29, 0.717) is 37.8 Å². The van der Waals surface area contributed by atoms with Crippen LogP contribution in [-0.4, -0.2) is 36.6 Å². The van der Waals surface area contributed by atoms with Gasteiger partial charge < -0.3 is 19.9 Å². The number of nitrogens with one attached hydrogen (secondary N) is 1. The van der Waals surface area contributed by atoms with Crippen molar-refractivity contribution in [3.8, 4) is 0 Å². The fourth-order valence-corrected chi connectivity index (χ4v) is 2.40. The van der Waals surface area contributed by atoms with Gasteiger partial charge in [0.25, 0.3) is 0 Å². The van der Waals surface area contributed by atoms with Crippen LogP contribution in [0.25, 0.3) is 0 Å². The van der Waals surface area contributed by atoms with E-state index in [4.69, 9.17) is 14.6 Å². The number of carboxylic acids is 1. The summed E-state index contributed by atoms with van der Waals surface area (Å²) in [6.45, 7) is 6.83. The van der Waals surface area contributed by atoms with Gasteiger partial charge in [0.05, 0.1) is 12.5 Å². The molecule has 6 nitrogen and oxygen atoms in total. The lowest BCUT2D eigenvalue weighted by molar-refractivity contribution is -0.143. The van der Waals surface area contributed by atoms with Crippen molar-refractivity contribution in [3.63, 3.8) is 0 Å². The molecule has 122 valence electrons.